The molecule has 0 nitrogen and oxygen atoms in total. The lowest BCUT2D eigenvalue weighted by Crippen LogP contribution is -2.08. The molecular formula is C16H22Br2. The molecule has 1 aromatic carbocycles. The maximum Gasteiger partial charge on any atom is 0.0426 e. The summed E-state index contributed by atoms with van der Waals surface area (Å²) in [5, 5.41) is 0. The predicted octanol–water partition coefficient (Wildman–Crippen LogP) is 6.47. The zero-order chi connectivity index (χ0) is 13.1. The summed E-state index contributed by atoms with van der Waals surface area (Å²) < 4.78 is 1.23. The van der Waals surface area contributed by atoms with Crippen molar-refractivity contribution in [3.8, 4) is 0 Å². The second-order valence-corrected chi connectivity index (χ2v) is 7.45. The standard InChI is InChI=1S/C16H22Br2/c1-11-10-15(17)12(2)9-14(11)16(18)13-7-5-3-4-6-8-13/h9-10,13,16H,3-8H2,1-2H3. The van der Waals surface area contributed by atoms with Crippen molar-refractivity contribution in [2.75, 3.05) is 0 Å². The predicted molar refractivity (Wildman–Crippen MR) is 86.5 cm³/mol. The fourth-order valence-corrected chi connectivity index (χ4v) is 4.44. The molecule has 0 saturated heterocycles. The van der Waals surface area contributed by atoms with Crippen LogP contribution >= 0.6 is 31.9 Å². The van der Waals surface area contributed by atoms with Crippen molar-refractivity contribution in [1.82, 2.24) is 0 Å². The van der Waals surface area contributed by atoms with Crippen LogP contribution in [0.25, 0.3) is 0 Å². The van der Waals surface area contributed by atoms with Gasteiger partial charge in [0.05, 0.1) is 0 Å². The molecule has 0 amide bonds. The largest absolute Gasteiger partial charge is 0.0836 e. The maximum absolute atomic E-state index is 3.98. The molecule has 2 heteroatoms. The van der Waals surface area contributed by atoms with Crippen LogP contribution in [0.5, 0.6) is 0 Å². The molecule has 0 aromatic heterocycles. The van der Waals surface area contributed by atoms with Gasteiger partial charge in [-0.1, -0.05) is 63.6 Å². The van der Waals surface area contributed by atoms with Gasteiger partial charge in [0.2, 0.25) is 0 Å². The Bertz CT molecular complexity index is 404. The van der Waals surface area contributed by atoms with Crippen molar-refractivity contribution in [3.05, 3.63) is 33.3 Å². The second-order valence-electron chi connectivity index (χ2n) is 5.61. The monoisotopic (exact) mass is 372 g/mol. The number of halogens is 2. The third kappa shape index (κ3) is 3.39. The van der Waals surface area contributed by atoms with Gasteiger partial charge in [0, 0.05) is 9.30 Å². The quantitative estimate of drug-likeness (QED) is 0.411. The van der Waals surface area contributed by atoms with Gasteiger partial charge >= 0.3 is 0 Å². The number of rotatable bonds is 2. The zero-order valence-electron chi connectivity index (χ0n) is 11.3. The number of hydrogen-bond acceptors (Lipinski definition) is 0. The van der Waals surface area contributed by atoms with E-state index in [4.69, 9.17) is 0 Å². The van der Waals surface area contributed by atoms with E-state index in [1.165, 1.54) is 59.7 Å². The van der Waals surface area contributed by atoms with Crippen molar-refractivity contribution >= 4 is 31.9 Å². The van der Waals surface area contributed by atoms with Gasteiger partial charge in [0.25, 0.3) is 0 Å². The Kier molecular flexibility index (Phi) is 5.32. The molecule has 0 radical (unpaired) electrons. The fraction of sp³-hybridized carbons (Fsp3) is 0.625. The minimum atomic E-state index is 0.530. The van der Waals surface area contributed by atoms with Crippen molar-refractivity contribution in [2.24, 2.45) is 5.92 Å². The van der Waals surface area contributed by atoms with Crippen molar-refractivity contribution in [2.45, 2.75) is 57.2 Å². The van der Waals surface area contributed by atoms with Crippen LogP contribution in [0.15, 0.2) is 16.6 Å². The summed E-state index contributed by atoms with van der Waals surface area (Å²) in [5.74, 6) is 0.812. The van der Waals surface area contributed by atoms with E-state index >= 15 is 0 Å². The summed E-state index contributed by atoms with van der Waals surface area (Å²) in [5.41, 5.74) is 4.23. The van der Waals surface area contributed by atoms with Gasteiger partial charge in [-0.2, -0.15) is 0 Å². The lowest BCUT2D eigenvalue weighted by molar-refractivity contribution is 0.454. The summed E-state index contributed by atoms with van der Waals surface area (Å²) in [7, 11) is 0. The summed E-state index contributed by atoms with van der Waals surface area (Å²) in [6.07, 6.45) is 8.42. The van der Waals surface area contributed by atoms with Crippen molar-refractivity contribution in [1.29, 1.82) is 0 Å². The molecule has 0 spiro atoms. The Hall–Kier alpha value is 0.180. The number of aryl methyl sites for hydroxylation is 2. The molecule has 0 heterocycles. The van der Waals surface area contributed by atoms with E-state index in [1.807, 2.05) is 0 Å². The molecule has 1 fully saturated rings. The summed E-state index contributed by atoms with van der Waals surface area (Å²) in [4.78, 5) is 0.530. The van der Waals surface area contributed by atoms with Crippen LogP contribution in [0.3, 0.4) is 0 Å². The van der Waals surface area contributed by atoms with Gasteiger partial charge in [-0.05, 0) is 55.4 Å². The van der Waals surface area contributed by atoms with Gasteiger partial charge in [0.1, 0.15) is 0 Å². The highest BCUT2D eigenvalue weighted by molar-refractivity contribution is 9.10. The highest BCUT2D eigenvalue weighted by Gasteiger charge is 2.23. The van der Waals surface area contributed by atoms with Crippen LogP contribution in [-0.4, -0.2) is 0 Å². The smallest absolute Gasteiger partial charge is 0.0426 e. The molecule has 1 saturated carbocycles. The summed E-state index contributed by atoms with van der Waals surface area (Å²) in [6.45, 7) is 4.41. The summed E-state index contributed by atoms with van der Waals surface area (Å²) >= 11 is 7.60. The minimum Gasteiger partial charge on any atom is -0.0836 e. The molecule has 2 rings (SSSR count). The molecule has 1 aromatic rings. The van der Waals surface area contributed by atoms with Crippen LogP contribution in [0.1, 0.15) is 60.0 Å². The first-order chi connectivity index (χ1) is 8.59. The zero-order valence-corrected chi connectivity index (χ0v) is 14.5. The topological polar surface area (TPSA) is 0 Å². The van der Waals surface area contributed by atoms with Gasteiger partial charge < -0.3 is 0 Å². The lowest BCUT2D eigenvalue weighted by Gasteiger charge is -2.23. The Morgan fingerprint density at radius 3 is 2.22 bits per heavy atom. The Labute approximate surface area is 128 Å². The van der Waals surface area contributed by atoms with Crippen LogP contribution in [0, 0.1) is 19.8 Å². The van der Waals surface area contributed by atoms with Crippen LogP contribution in [0.4, 0.5) is 0 Å². The van der Waals surface area contributed by atoms with Gasteiger partial charge in [-0.3, -0.25) is 0 Å². The van der Waals surface area contributed by atoms with Gasteiger partial charge in [-0.15, -0.1) is 0 Å². The molecule has 1 aliphatic carbocycles. The molecule has 18 heavy (non-hydrogen) atoms. The fourth-order valence-electron chi connectivity index (χ4n) is 2.96. The van der Waals surface area contributed by atoms with E-state index in [9.17, 15) is 0 Å². The van der Waals surface area contributed by atoms with Crippen LogP contribution in [-0.2, 0) is 0 Å². The molecule has 1 atom stereocenters. The SMILES string of the molecule is Cc1cc(C(Br)C2CCCCCC2)c(C)cc1Br. The maximum atomic E-state index is 3.98. The highest BCUT2D eigenvalue weighted by atomic mass is 79.9. The number of hydrogen-bond donors (Lipinski definition) is 0. The molecule has 1 aliphatic rings. The van der Waals surface area contributed by atoms with E-state index in [1.54, 1.807) is 0 Å². The second kappa shape index (κ2) is 6.56. The molecule has 1 unspecified atom stereocenters. The third-order valence-electron chi connectivity index (χ3n) is 4.16. The molecule has 0 N–H and O–H groups in total. The molecule has 0 bridgehead atoms. The number of alkyl halides is 1. The Morgan fingerprint density at radius 1 is 1.00 bits per heavy atom. The third-order valence-corrected chi connectivity index (χ3v) is 6.25. The highest BCUT2D eigenvalue weighted by Crippen LogP contribution is 2.41. The molecule has 100 valence electrons. The molecular weight excluding hydrogens is 352 g/mol. The van der Waals surface area contributed by atoms with E-state index in [0.29, 0.717) is 4.83 Å². The van der Waals surface area contributed by atoms with E-state index in [-0.39, 0.29) is 0 Å². The summed E-state index contributed by atoms with van der Waals surface area (Å²) in [6, 6.07) is 4.61. The first kappa shape index (κ1) is 14.6. The van der Waals surface area contributed by atoms with Crippen LogP contribution < -0.4 is 0 Å². The van der Waals surface area contributed by atoms with Crippen LogP contribution in [0.2, 0.25) is 0 Å². The van der Waals surface area contributed by atoms with Crippen molar-refractivity contribution in [3.63, 3.8) is 0 Å². The van der Waals surface area contributed by atoms with Crippen molar-refractivity contribution < 1.29 is 0 Å². The van der Waals surface area contributed by atoms with E-state index in [0.717, 1.165) is 5.92 Å². The first-order valence-corrected chi connectivity index (χ1v) is 8.71. The van der Waals surface area contributed by atoms with E-state index < -0.39 is 0 Å². The van der Waals surface area contributed by atoms with E-state index in [2.05, 4.69) is 57.8 Å². The van der Waals surface area contributed by atoms with Gasteiger partial charge in [-0.25, -0.2) is 0 Å². The number of benzene rings is 1. The average Bonchev–Trinajstić information content (AvgIpc) is 2.61. The average molecular weight is 374 g/mol. The normalized spacial score (nSPS) is 19.6. The minimum absolute atomic E-state index is 0.530. The first-order valence-electron chi connectivity index (χ1n) is 7.00. The Morgan fingerprint density at radius 2 is 1.61 bits per heavy atom. The van der Waals surface area contributed by atoms with Gasteiger partial charge in [0.15, 0.2) is 0 Å². The Balaban J connectivity index is 2.21. The lowest BCUT2D eigenvalue weighted by atomic mass is 9.89. The molecule has 0 aliphatic heterocycles.